The Bertz CT molecular complexity index is 688. The summed E-state index contributed by atoms with van der Waals surface area (Å²) < 4.78 is 39.3. The normalized spacial score (nSPS) is 17.5. The maximum Gasteiger partial charge on any atom is 0.266 e. The molecular weight excluding hydrogens is 299 g/mol. The molecule has 0 unspecified atom stereocenters. The molecule has 0 saturated heterocycles. The van der Waals surface area contributed by atoms with Crippen LogP contribution in [0.4, 0.5) is 10.1 Å². The zero-order chi connectivity index (χ0) is 15.5. The highest BCUT2D eigenvalue weighted by molar-refractivity contribution is 7.90. The van der Waals surface area contributed by atoms with Crippen molar-refractivity contribution in [2.24, 2.45) is 4.99 Å². The van der Waals surface area contributed by atoms with Gasteiger partial charge in [-0.25, -0.2) is 17.5 Å². The molecule has 1 aromatic rings. The summed E-state index contributed by atoms with van der Waals surface area (Å²) in [5.74, 6) is -0.677. The molecular formula is C12H15FN4O3S. The van der Waals surface area contributed by atoms with Gasteiger partial charge in [-0.05, 0) is 24.6 Å². The lowest BCUT2D eigenvalue weighted by Gasteiger charge is -2.21. The fraction of sp³-hybridized carbons (Fsp3) is 0.333. The first kappa shape index (κ1) is 15.2. The lowest BCUT2D eigenvalue weighted by Crippen LogP contribution is -2.41. The van der Waals surface area contributed by atoms with Crippen molar-refractivity contribution >= 4 is 27.6 Å². The van der Waals surface area contributed by atoms with E-state index in [1.807, 2.05) is 0 Å². The van der Waals surface area contributed by atoms with E-state index in [2.05, 4.69) is 20.3 Å². The fourth-order valence-electron chi connectivity index (χ4n) is 1.76. The maximum atomic E-state index is 13.1. The third-order valence-electron chi connectivity index (χ3n) is 2.70. The summed E-state index contributed by atoms with van der Waals surface area (Å²) in [5.41, 5.74) is 0.274. The Labute approximate surface area is 121 Å². The number of rotatable bonds is 4. The number of carbonyl (C=O) groups excluding carboxylic acids is 1. The summed E-state index contributed by atoms with van der Waals surface area (Å²) in [5, 5.41) is 5.40. The average Bonchev–Trinajstić information content (AvgIpc) is 2.38. The summed E-state index contributed by atoms with van der Waals surface area (Å²) >= 11 is 0. The standard InChI is InChI=1S/C12H15FN4O3S/c1-8(18)14-5-2-6-15-12-16-10-4-3-9(13)7-11(10)21(19,20)17-12/h3-4,7H,2,5-6H2,1H3,(H,14,18)(H2,15,16,17). The Kier molecular flexibility index (Phi) is 4.41. The first-order valence-electron chi connectivity index (χ1n) is 6.27. The predicted molar refractivity (Wildman–Crippen MR) is 75.9 cm³/mol. The second-order valence-electron chi connectivity index (χ2n) is 4.44. The van der Waals surface area contributed by atoms with Gasteiger partial charge in [0, 0.05) is 20.0 Å². The summed E-state index contributed by atoms with van der Waals surface area (Å²) in [6.07, 6.45) is 0.572. The molecule has 0 fully saturated rings. The highest BCUT2D eigenvalue weighted by atomic mass is 32.2. The third kappa shape index (κ3) is 3.91. The van der Waals surface area contributed by atoms with Gasteiger partial charge in [0.15, 0.2) is 0 Å². The molecule has 114 valence electrons. The van der Waals surface area contributed by atoms with Crippen molar-refractivity contribution in [3.8, 4) is 0 Å². The zero-order valence-electron chi connectivity index (χ0n) is 11.3. The van der Waals surface area contributed by atoms with Crippen molar-refractivity contribution in [1.82, 2.24) is 10.0 Å². The van der Waals surface area contributed by atoms with Crippen LogP contribution in [-0.2, 0) is 14.8 Å². The minimum atomic E-state index is -3.82. The molecule has 21 heavy (non-hydrogen) atoms. The van der Waals surface area contributed by atoms with Crippen LogP contribution in [0.1, 0.15) is 13.3 Å². The van der Waals surface area contributed by atoms with E-state index in [0.717, 1.165) is 6.07 Å². The van der Waals surface area contributed by atoms with Crippen LogP contribution in [0.15, 0.2) is 28.1 Å². The topological polar surface area (TPSA) is 99.7 Å². The summed E-state index contributed by atoms with van der Waals surface area (Å²) in [6, 6.07) is 3.45. The van der Waals surface area contributed by atoms with E-state index in [1.165, 1.54) is 19.1 Å². The predicted octanol–water partition coefficient (Wildman–Crippen LogP) is 0.412. The quantitative estimate of drug-likeness (QED) is 0.701. The van der Waals surface area contributed by atoms with Gasteiger partial charge in [0.25, 0.3) is 10.0 Å². The number of halogens is 1. The lowest BCUT2D eigenvalue weighted by atomic mass is 10.3. The highest BCUT2D eigenvalue weighted by Gasteiger charge is 2.26. The largest absolute Gasteiger partial charge is 0.356 e. The number of nitrogens with one attached hydrogen (secondary N) is 3. The number of benzene rings is 1. The Morgan fingerprint density at radius 3 is 2.90 bits per heavy atom. The molecule has 1 aliphatic heterocycles. The number of amides is 1. The first-order chi connectivity index (χ1) is 9.88. The van der Waals surface area contributed by atoms with Crippen LogP contribution < -0.4 is 15.4 Å². The van der Waals surface area contributed by atoms with E-state index in [4.69, 9.17) is 0 Å². The number of hydrogen-bond donors (Lipinski definition) is 3. The molecule has 9 heteroatoms. The Morgan fingerprint density at radius 1 is 1.43 bits per heavy atom. The van der Waals surface area contributed by atoms with E-state index < -0.39 is 15.8 Å². The van der Waals surface area contributed by atoms with Gasteiger partial charge in [-0.2, -0.15) is 0 Å². The van der Waals surface area contributed by atoms with Gasteiger partial charge in [-0.3, -0.25) is 9.79 Å². The molecule has 1 aliphatic rings. The lowest BCUT2D eigenvalue weighted by molar-refractivity contribution is -0.118. The van der Waals surface area contributed by atoms with Gasteiger partial charge >= 0.3 is 0 Å². The van der Waals surface area contributed by atoms with Gasteiger partial charge in [-0.15, -0.1) is 0 Å². The number of carbonyl (C=O) groups is 1. The Balaban J connectivity index is 2.06. The zero-order valence-corrected chi connectivity index (χ0v) is 12.1. The summed E-state index contributed by atoms with van der Waals surface area (Å²) in [4.78, 5) is 14.6. The molecule has 1 aromatic carbocycles. The Morgan fingerprint density at radius 2 is 2.19 bits per heavy atom. The number of fused-ring (bicyclic) bond motifs is 1. The summed E-state index contributed by atoms with van der Waals surface area (Å²) in [7, 11) is -3.82. The first-order valence-corrected chi connectivity index (χ1v) is 7.75. The van der Waals surface area contributed by atoms with Gasteiger partial charge in [0.2, 0.25) is 11.9 Å². The van der Waals surface area contributed by atoms with Crippen LogP contribution in [0.3, 0.4) is 0 Å². The third-order valence-corrected chi connectivity index (χ3v) is 4.07. The Hall–Kier alpha value is -2.16. The second-order valence-corrected chi connectivity index (χ2v) is 6.09. The molecule has 0 bridgehead atoms. The van der Waals surface area contributed by atoms with Crippen molar-refractivity contribution in [1.29, 1.82) is 0 Å². The van der Waals surface area contributed by atoms with Gasteiger partial charge in [0.1, 0.15) is 10.7 Å². The molecule has 0 spiro atoms. The van der Waals surface area contributed by atoms with Crippen LogP contribution in [0, 0.1) is 5.82 Å². The number of anilines is 1. The van der Waals surface area contributed by atoms with Crippen LogP contribution in [0.2, 0.25) is 0 Å². The minimum Gasteiger partial charge on any atom is -0.356 e. The van der Waals surface area contributed by atoms with Crippen molar-refractivity contribution < 1.29 is 17.6 Å². The van der Waals surface area contributed by atoms with Crippen molar-refractivity contribution in [3.05, 3.63) is 24.0 Å². The van der Waals surface area contributed by atoms with E-state index in [-0.39, 0.29) is 22.4 Å². The van der Waals surface area contributed by atoms with E-state index in [1.54, 1.807) is 0 Å². The summed E-state index contributed by atoms with van der Waals surface area (Å²) in [6.45, 7) is 2.21. The molecule has 0 radical (unpaired) electrons. The number of sulfonamides is 1. The van der Waals surface area contributed by atoms with Crippen molar-refractivity contribution in [2.75, 3.05) is 18.4 Å². The SMILES string of the molecule is CC(=O)NCCCN=C1Nc2ccc(F)cc2S(=O)(=O)N1. The molecule has 2 rings (SSSR count). The molecule has 0 aliphatic carbocycles. The van der Waals surface area contributed by atoms with Crippen molar-refractivity contribution in [3.63, 3.8) is 0 Å². The van der Waals surface area contributed by atoms with E-state index in [9.17, 15) is 17.6 Å². The molecule has 1 heterocycles. The van der Waals surface area contributed by atoms with E-state index in [0.29, 0.717) is 19.5 Å². The van der Waals surface area contributed by atoms with Crippen LogP contribution in [0.5, 0.6) is 0 Å². The number of nitrogens with zero attached hydrogens (tertiary/aromatic N) is 1. The van der Waals surface area contributed by atoms with Gasteiger partial charge in [0.05, 0.1) is 5.69 Å². The molecule has 0 saturated carbocycles. The van der Waals surface area contributed by atoms with E-state index >= 15 is 0 Å². The van der Waals surface area contributed by atoms with Gasteiger partial charge in [-0.1, -0.05) is 0 Å². The minimum absolute atomic E-state index is 0.0805. The molecule has 3 N–H and O–H groups in total. The molecule has 0 atom stereocenters. The van der Waals surface area contributed by atoms with Crippen LogP contribution in [0.25, 0.3) is 0 Å². The number of aliphatic imine (C=N–C) groups is 1. The molecule has 1 amide bonds. The number of hydrogen-bond acceptors (Lipinski definition) is 4. The van der Waals surface area contributed by atoms with Gasteiger partial charge < -0.3 is 10.6 Å². The highest BCUT2D eigenvalue weighted by Crippen LogP contribution is 2.25. The smallest absolute Gasteiger partial charge is 0.266 e. The fourth-order valence-corrected chi connectivity index (χ4v) is 2.92. The maximum absolute atomic E-state index is 13.1. The second kappa shape index (κ2) is 6.08. The van der Waals surface area contributed by atoms with Crippen LogP contribution in [-0.4, -0.2) is 33.4 Å². The molecule has 7 nitrogen and oxygen atoms in total. The van der Waals surface area contributed by atoms with Crippen LogP contribution >= 0.6 is 0 Å². The van der Waals surface area contributed by atoms with Crippen molar-refractivity contribution in [2.45, 2.75) is 18.2 Å². The molecule has 0 aromatic heterocycles. The monoisotopic (exact) mass is 314 g/mol. The average molecular weight is 314 g/mol. The number of guanidine groups is 1.